The lowest BCUT2D eigenvalue weighted by atomic mass is 10.1. The summed E-state index contributed by atoms with van der Waals surface area (Å²) in [6.45, 7) is 0. The summed E-state index contributed by atoms with van der Waals surface area (Å²) in [5.41, 5.74) is 9.09. The molecule has 0 bridgehead atoms. The van der Waals surface area contributed by atoms with E-state index >= 15 is 0 Å². The van der Waals surface area contributed by atoms with Crippen molar-refractivity contribution in [2.24, 2.45) is 5.11 Å². The summed E-state index contributed by atoms with van der Waals surface area (Å²) in [5.74, 6) is -0.638. The van der Waals surface area contributed by atoms with Crippen molar-refractivity contribution >= 4 is 28.1 Å². The summed E-state index contributed by atoms with van der Waals surface area (Å²) >= 11 is 3.14. The van der Waals surface area contributed by atoms with E-state index in [1.807, 2.05) is 0 Å². The van der Waals surface area contributed by atoms with E-state index in [0.29, 0.717) is 5.56 Å². The summed E-state index contributed by atoms with van der Waals surface area (Å²) in [5, 5.41) is 2.95. The van der Waals surface area contributed by atoms with Crippen LogP contribution in [-0.4, -0.2) is 12.2 Å². The zero-order chi connectivity index (χ0) is 11.3. The normalized spacial score (nSPS) is 11.3. The molecule has 0 aliphatic heterocycles. The fraction of sp³-hybridized carbons (Fsp3) is 0.111. The second kappa shape index (κ2) is 5.29. The molecule has 15 heavy (non-hydrogen) atoms. The second-order valence-electron chi connectivity index (χ2n) is 2.65. The Balaban J connectivity index is 2.94. The monoisotopic (exact) mass is 267 g/mol. The maximum absolute atomic E-state index is 11.1. The van der Waals surface area contributed by atoms with Gasteiger partial charge >= 0.3 is 0 Å². The van der Waals surface area contributed by atoms with Crippen LogP contribution < -0.4 is 0 Å². The van der Waals surface area contributed by atoms with Crippen molar-refractivity contribution in [2.75, 3.05) is 0 Å². The zero-order valence-electron chi connectivity index (χ0n) is 7.50. The molecule has 0 aliphatic carbocycles. The van der Waals surface area contributed by atoms with Crippen LogP contribution in [-0.2, 0) is 4.79 Å². The number of carbonyl (C=O) groups excluding carboxylic acids is 2. The van der Waals surface area contributed by atoms with Gasteiger partial charge in [-0.25, -0.2) is 0 Å². The van der Waals surface area contributed by atoms with Crippen molar-refractivity contribution in [1.29, 1.82) is 0 Å². The molecule has 1 amide bonds. The van der Waals surface area contributed by atoms with Gasteiger partial charge in [-0.15, -0.1) is 0 Å². The molecule has 5 nitrogen and oxygen atoms in total. The maximum atomic E-state index is 11.1. The van der Waals surface area contributed by atoms with Crippen LogP contribution in [0.1, 0.15) is 20.7 Å². The first-order chi connectivity index (χ1) is 7.19. The van der Waals surface area contributed by atoms with Crippen molar-refractivity contribution in [3.8, 4) is 0 Å². The van der Waals surface area contributed by atoms with Gasteiger partial charge in [-0.3, -0.25) is 4.79 Å². The van der Waals surface area contributed by atoms with Crippen molar-refractivity contribution < 1.29 is 9.59 Å². The molecule has 0 aromatic heterocycles. The average Bonchev–Trinajstić information content (AvgIpc) is 2.28. The van der Waals surface area contributed by atoms with E-state index < -0.39 is 5.91 Å². The molecule has 76 valence electrons. The van der Waals surface area contributed by atoms with E-state index in [9.17, 15) is 9.59 Å². The fourth-order valence-corrected chi connectivity index (χ4v) is 1.29. The molecule has 0 spiro atoms. The van der Waals surface area contributed by atoms with Crippen LogP contribution in [0.15, 0.2) is 29.4 Å². The summed E-state index contributed by atoms with van der Waals surface area (Å²) in [6, 6.07) is 6.25. The van der Waals surface area contributed by atoms with E-state index in [2.05, 4.69) is 26.0 Å². The lowest BCUT2D eigenvalue weighted by molar-refractivity contribution is -0.107. The van der Waals surface area contributed by atoms with Gasteiger partial charge in [0, 0.05) is 10.5 Å². The molecule has 0 heterocycles. The van der Waals surface area contributed by atoms with Gasteiger partial charge in [0.05, 0.1) is 4.83 Å². The quantitative estimate of drug-likeness (QED) is 0.277. The third-order valence-electron chi connectivity index (χ3n) is 1.73. The Hall–Kier alpha value is -1.65. The van der Waals surface area contributed by atoms with Gasteiger partial charge in [0.25, 0.3) is 0 Å². The van der Waals surface area contributed by atoms with Crippen molar-refractivity contribution in [3.63, 3.8) is 0 Å². The Morgan fingerprint density at radius 3 is 2.53 bits per heavy atom. The largest absolute Gasteiger partial charge is 0.302 e. The number of hydrogen-bond acceptors (Lipinski definition) is 2. The highest BCUT2D eigenvalue weighted by atomic mass is 79.9. The Bertz CT molecular complexity index is 423. The molecule has 1 aromatic carbocycles. The van der Waals surface area contributed by atoms with Gasteiger partial charge in [0.2, 0.25) is 5.91 Å². The molecule has 1 atom stereocenters. The lowest BCUT2D eigenvalue weighted by Crippen LogP contribution is -1.95. The second-order valence-corrected chi connectivity index (χ2v) is 3.64. The highest BCUT2D eigenvalue weighted by molar-refractivity contribution is 9.09. The van der Waals surface area contributed by atoms with Gasteiger partial charge in [-0.2, -0.15) is 0 Å². The molecule has 0 N–H and O–H groups in total. The number of aldehydes is 1. The molecule has 1 rings (SSSR count). The third-order valence-corrected chi connectivity index (χ3v) is 2.48. The highest BCUT2D eigenvalue weighted by Crippen LogP contribution is 2.20. The minimum Gasteiger partial charge on any atom is -0.302 e. The number of benzene rings is 1. The van der Waals surface area contributed by atoms with E-state index in [4.69, 9.17) is 5.53 Å². The standard InChI is InChI=1S/C9H6BrN3O2/c10-8(5-14)6-1-3-7(4-2-6)9(15)12-13-11/h1-5,8H. The summed E-state index contributed by atoms with van der Waals surface area (Å²) < 4.78 is 0. The summed E-state index contributed by atoms with van der Waals surface area (Å²) in [7, 11) is 0. The zero-order valence-corrected chi connectivity index (χ0v) is 9.09. The Labute approximate surface area is 93.9 Å². The van der Waals surface area contributed by atoms with Crippen molar-refractivity contribution in [2.45, 2.75) is 4.83 Å². The van der Waals surface area contributed by atoms with Crippen LogP contribution in [0, 0.1) is 0 Å². The molecule has 0 radical (unpaired) electrons. The van der Waals surface area contributed by atoms with Crippen LogP contribution in [0.4, 0.5) is 0 Å². The molecule has 0 fully saturated rings. The Morgan fingerprint density at radius 1 is 1.47 bits per heavy atom. The van der Waals surface area contributed by atoms with Gasteiger partial charge in [0.15, 0.2) is 0 Å². The number of halogens is 1. The SMILES string of the molecule is [N-]=[N+]=NC(=O)c1ccc(C(Br)C=O)cc1. The number of rotatable bonds is 3. The van der Waals surface area contributed by atoms with Gasteiger partial charge < -0.3 is 4.79 Å². The number of azide groups is 1. The molecule has 0 aliphatic rings. The first kappa shape index (κ1) is 11.4. The topological polar surface area (TPSA) is 82.9 Å². The van der Waals surface area contributed by atoms with E-state index in [1.165, 1.54) is 12.1 Å². The van der Waals surface area contributed by atoms with Crippen LogP contribution in [0.3, 0.4) is 0 Å². The smallest absolute Gasteiger partial charge is 0.249 e. The lowest BCUT2D eigenvalue weighted by Gasteiger charge is -2.02. The molecule has 0 saturated carbocycles. The average molecular weight is 268 g/mol. The maximum Gasteiger partial charge on any atom is 0.249 e. The number of amides is 1. The highest BCUT2D eigenvalue weighted by Gasteiger charge is 2.07. The van der Waals surface area contributed by atoms with Crippen LogP contribution in [0.2, 0.25) is 0 Å². The Kier molecular flexibility index (Phi) is 4.03. The van der Waals surface area contributed by atoms with E-state index in [-0.39, 0.29) is 4.83 Å². The molecular formula is C9H6BrN3O2. The fourth-order valence-electron chi connectivity index (χ4n) is 0.986. The number of hydrogen-bond donors (Lipinski definition) is 0. The molecule has 6 heteroatoms. The minimum atomic E-state index is -0.638. The van der Waals surface area contributed by atoms with Crippen molar-refractivity contribution in [1.82, 2.24) is 0 Å². The third kappa shape index (κ3) is 2.90. The van der Waals surface area contributed by atoms with Crippen molar-refractivity contribution in [3.05, 3.63) is 45.8 Å². The van der Waals surface area contributed by atoms with Gasteiger partial charge in [0.1, 0.15) is 6.29 Å². The molecular weight excluding hydrogens is 262 g/mol. The van der Waals surface area contributed by atoms with E-state index in [0.717, 1.165) is 11.8 Å². The minimum absolute atomic E-state index is 0.294. The van der Waals surface area contributed by atoms with Crippen LogP contribution in [0.5, 0.6) is 0 Å². The summed E-state index contributed by atoms with van der Waals surface area (Å²) in [6.07, 6.45) is 0.740. The first-order valence-electron chi connectivity index (χ1n) is 3.98. The Morgan fingerprint density at radius 2 is 2.07 bits per heavy atom. The predicted molar refractivity (Wildman–Crippen MR) is 57.7 cm³/mol. The van der Waals surface area contributed by atoms with Crippen LogP contribution in [0.25, 0.3) is 10.4 Å². The number of nitrogens with zero attached hydrogens (tertiary/aromatic N) is 3. The number of alkyl halides is 1. The van der Waals surface area contributed by atoms with Gasteiger partial charge in [-0.05, 0) is 16.2 Å². The number of carbonyl (C=O) groups is 2. The predicted octanol–water partition coefficient (Wildman–Crippen LogP) is 2.77. The van der Waals surface area contributed by atoms with Gasteiger partial charge in [-0.1, -0.05) is 40.2 Å². The molecule has 1 aromatic rings. The molecule has 0 saturated heterocycles. The first-order valence-corrected chi connectivity index (χ1v) is 4.89. The molecule has 1 unspecified atom stereocenters. The van der Waals surface area contributed by atoms with E-state index in [1.54, 1.807) is 12.1 Å². The summed E-state index contributed by atoms with van der Waals surface area (Å²) in [4.78, 5) is 23.5. The van der Waals surface area contributed by atoms with Crippen LogP contribution >= 0.6 is 15.9 Å².